The summed E-state index contributed by atoms with van der Waals surface area (Å²) in [6.07, 6.45) is 4.30. The van der Waals surface area contributed by atoms with Crippen molar-refractivity contribution < 1.29 is 14.3 Å². The molecule has 8 heteroatoms. The first-order valence-corrected chi connectivity index (χ1v) is 14.6. The number of hydrogen-bond donors (Lipinski definition) is 2. The number of esters is 1. The number of nitrogens with zero attached hydrogens (tertiary/aromatic N) is 3. The summed E-state index contributed by atoms with van der Waals surface area (Å²) in [5.74, 6) is 0.863. The monoisotopic (exact) mass is 563 g/mol. The summed E-state index contributed by atoms with van der Waals surface area (Å²) in [6, 6.07) is 25.3. The normalized spacial score (nSPS) is 18.5. The lowest BCUT2D eigenvalue weighted by molar-refractivity contribution is 0.0525. The lowest BCUT2D eigenvalue weighted by Crippen LogP contribution is -2.25. The molecule has 8 nitrogen and oxygen atoms in total. The highest BCUT2D eigenvalue weighted by atomic mass is 16.5. The Morgan fingerprint density at radius 2 is 1.93 bits per heavy atom. The number of nitrogens with two attached hydrogens (primary N) is 1. The molecule has 0 amide bonds. The van der Waals surface area contributed by atoms with Gasteiger partial charge in [-0.1, -0.05) is 48.5 Å². The Labute approximate surface area is 246 Å². The molecule has 4 aromatic rings. The Kier molecular flexibility index (Phi) is 7.97. The van der Waals surface area contributed by atoms with Crippen LogP contribution in [0.1, 0.15) is 46.4 Å². The van der Waals surface area contributed by atoms with Crippen LogP contribution in [0, 0.1) is 5.92 Å². The molecule has 1 aliphatic heterocycles. The van der Waals surface area contributed by atoms with Crippen LogP contribution in [0.3, 0.4) is 0 Å². The van der Waals surface area contributed by atoms with Crippen LogP contribution in [0.2, 0.25) is 0 Å². The Balaban J connectivity index is 1.27. The quantitative estimate of drug-likeness (QED) is 0.269. The van der Waals surface area contributed by atoms with E-state index in [9.17, 15) is 4.79 Å². The van der Waals surface area contributed by atoms with Crippen LogP contribution in [-0.4, -0.2) is 47.5 Å². The Morgan fingerprint density at radius 3 is 2.76 bits per heavy atom. The number of hydrogen-bond acceptors (Lipinski definition) is 7. The van der Waals surface area contributed by atoms with Crippen LogP contribution < -0.4 is 15.8 Å². The maximum atomic E-state index is 12.9. The van der Waals surface area contributed by atoms with Gasteiger partial charge < -0.3 is 20.5 Å². The predicted molar refractivity (Wildman–Crippen MR) is 163 cm³/mol. The van der Waals surface area contributed by atoms with Gasteiger partial charge in [0, 0.05) is 56.0 Å². The van der Waals surface area contributed by atoms with E-state index in [0.717, 1.165) is 60.0 Å². The van der Waals surface area contributed by atoms with Gasteiger partial charge in [-0.15, -0.1) is 0 Å². The molecule has 42 heavy (non-hydrogen) atoms. The first-order valence-electron chi connectivity index (χ1n) is 14.6. The van der Waals surface area contributed by atoms with Crippen LogP contribution in [0.15, 0.2) is 90.9 Å². The molecule has 6 rings (SSSR count). The number of para-hydroxylation sites is 1. The topological polar surface area (TPSA) is 94.6 Å². The fraction of sp³-hybridized carbons (Fsp3) is 0.294. The highest BCUT2D eigenvalue weighted by Gasteiger charge is 2.45. The van der Waals surface area contributed by atoms with Crippen molar-refractivity contribution in [2.45, 2.75) is 32.4 Å². The molecule has 3 N–H and O–H groups in total. The second-order valence-corrected chi connectivity index (χ2v) is 10.9. The molecule has 0 saturated heterocycles. The van der Waals surface area contributed by atoms with Crippen LogP contribution in [0.4, 0.5) is 0 Å². The van der Waals surface area contributed by atoms with Crippen molar-refractivity contribution >= 4 is 5.97 Å². The van der Waals surface area contributed by atoms with Crippen molar-refractivity contribution in [3.05, 3.63) is 113 Å². The Morgan fingerprint density at radius 1 is 1.12 bits per heavy atom. The van der Waals surface area contributed by atoms with Crippen molar-refractivity contribution in [1.82, 2.24) is 20.0 Å². The minimum absolute atomic E-state index is 0.0891. The van der Waals surface area contributed by atoms with E-state index in [-0.39, 0.29) is 17.8 Å². The molecular formula is C34H37N5O3. The summed E-state index contributed by atoms with van der Waals surface area (Å²) in [5.41, 5.74) is 14.0. The summed E-state index contributed by atoms with van der Waals surface area (Å²) in [4.78, 5) is 15.3. The molecule has 0 radical (unpaired) electrons. The number of carbonyl (C=O) groups is 1. The SMILES string of the molecule is CCOC(=O)c1cnn(-c2cccc(-c3cccc(CN4CCOc5ccccc5C4)c3)c2)c1[C@@H]1CC1/C(N)=C/NC. The molecule has 0 bridgehead atoms. The lowest BCUT2D eigenvalue weighted by Gasteiger charge is -2.20. The van der Waals surface area contributed by atoms with Crippen molar-refractivity contribution in [2.75, 3.05) is 26.8 Å². The minimum Gasteiger partial charge on any atom is -0.492 e. The van der Waals surface area contributed by atoms with Gasteiger partial charge in [-0.2, -0.15) is 5.10 Å². The van der Waals surface area contributed by atoms with E-state index in [1.807, 2.05) is 49.1 Å². The van der Waals surface area contributed by atoms with Crippen molar-refractivity contribution in [3.63, 3.8) is 0 Å². The van der Waals surface area contributed by atoms with E-state index < -0.39 is 0 Å². The summed E-state index contributed by atoms with van der Waals surface area (Å²) in [6.45, 7) is 5.36. The zero-order chi connectivity index (χ0) is 29.1. The number of allylic oxidation sites excluding steroid dienone is 1. The molecular weight excluding hydrogens is 526 g/mol. The number of benzene rings is 3. The third-order valence-electron chi connectivity index (χ3n) is 7.97. The molecule has 1 aliphatic carbocycles. The van der Waals surface area contributed by atoms with Crippen LogP contribution in [0.5, 0.6) is 5.75 Å². The highest BCUT2D eigenvalue weighted by Crippen LogP contribution is 2.51. The van der Waals surface area contributed by atoms with Crippen LogP contribution >= 0.6 is 0 Å². The fourth-order valence-electron chi connectivity index (χ4n) is 5.87. The first-order chi connectivity index (χ1) is 20.6. The number of carbonyl (C=O) groups excluding carboxylic acids is 1. The number of nitrogens with one attached hydrogen (secondary N) is 1. The maximum Gasteiger partial charge on any atom is 0.341 e. The van der Waals surface area contributed by atoms with Crippen molar-refractivity contribution in [1.29, 1.82) is 0 Å². The molecule has 1 unspecified atom stereocenters. The third-order valence-corrected chi connectivity index (χ3v) is 7.97. The van der Waals surface area contributed by atoms with Gasteiger partial charge in [0.1, 0.15) is 17.9 Å². The molecule has 2 aliphatic rings. The smallest absolute Gasteiger partial charge is 0.341 e. The van der Waals surface area contributed by atoms with E-state index >= 15 is 0 Å². The van der Waals surface area contributed by atoms with Gasteiger partial charge in [0.2, 0.25) is 0 Å². The zero-order valence-corrected chi connectivity index (χ0v) is 24.1. The summed E-state index contributed by atoms with van der Waals surface area (Å²) < 4.78 is 13.2. The van der Waals surface area contributed by atoms with E-state index in [1.165, 1.54) is 11.1 Å². The molecule has 1 fully saturated rings. The maximum absolute atomic E-state index is 12.9. The fourth-order valence-corrected chi connectivity index (χ4v) is 5.87. The average Bonchev–Trinajstić information content (AvgIpc) is 3.72. The van der Waals surface area contributed by atoms with E-state index in [4.69, 9.17) is 15.2 Å². The minimum atomic E-state index is -0.356. The summed E-state index contributed by atoms with van der Waals surface area (Å²) in [5, 5.41) is 7.68. The number of fused-ring (bicyclic) bond motifs is 1. The van der Waals surface area contributed by atoms with Gasteiger partial charge in [0.25, 0.3) is 0 Å². The van der Waals surface area contributed by atoms with Gasteiger partial charge in [-0.25, -0.2) is 9.48 Å². The summed E-state index contributed by atoms with van der Waals surface area (Å²) >= 11 is 0. The highest BCUT2D eigenvalue weighted by molar-refractivity contribution is 5.91. The van der Waals surface area contributed by atoms with Crippen LogP contribution in [0.25, 0.3) is 16.8 Å². The van der Waals surface area contributed by atoms with Gasteiger partial charge in [-0.05, 0) is 54.3 Å². The van der Waals surface area contributed by atoms with E-state index in [0.29, 0.717) is 18.8 Å². The zero-order valence-electron chi connectivity index (χ0n) is 24.1. The van der Waals surface area contributed by atoms with Crippen molar-refractivity contribution in [2.24, 2.45) is 11.7 Å². The lowest BCUT2D eigenvalue weighted by atomic mass is 10.0. The Bertz CT molecular complexity index is 1610. The number of aromatic nitrogens is 2. The predicted octanol–water partition coefficient (Wildman–Crippen LogP) is 5.23. The molecule has 216 valence electrons. The van der Waals surface area contributed by atoms with Crippen LogP contribution in [-0.2, 0) is 17.8 Å². The average molecular weight is 564 g/mol. The standard InChI is InChI=1S/C34H37N5O3/c1-3-41-34(40)30-19-37-39(33(30)29-18-28(29)31(35)20-36-2)27-12-7-11-25(17-27)24-10-6-8-23(16-24)21-38-14-15-42-32-13-5-4-9-26(32)22-38/h4-13,16-17,19-20,28-29,36H,3,14-15,18,21-22,35H2,1-2H3/b31-20-/t28?,29-/m1/s1. The third kappa shape index (κ3) is 5.76. The molecule has 1 aromatic heterocycles. The number of ether oxygens (including phenoxy) is 2. The van der Waals surface area contributed by atoms with E-state index in [1.54, 1.807) is 6.20 Å². The molecule has 0 spiro atoms. The molecule has 3 aromatic carbocycles. The summed E-state index contributed by atoms with van der Waals surface area (Å²) in [7, 11) is 1.83. The molecule has 1 saturated carbocycles. The van der Waals surface area contributed by atoms with Gasteiger partial charge in [-0.3, -0.25) is 4.90 Å². The molecule has 2 atom stereocenters. The second-order valence-electron chi connectivity index (χ2n) is 10.9. The largest absolute Gasteiger partial charge is 0.492 e. The second kappa shape index (κ2) is 12.1. The van der Waals surface area contributed by atoms with Gasteiger partial charge in [0.15, 0.2) is 0 Å². The number of rotatable bonds is 9. The van der Waals surface area contributed by atoms with Gasteiger partial charge >= 0.3 is 5.97 Å². The molecule has 2 heterocycles. The van der Waals surface area contributed by atoms with Gasteiger partial charge in [0.05, 0.1) is 24.2 Å². The Hall–Kier alpha value is -4.56. The first kappa shape index (κ1) is 27.6. The van der Waals surface area contributed by atoms with Crippen molar-refractivity contribution in [3.8, 4) is 22.6 Å². The van der Waals surface area contributed by atoms with E-state index in [2.05, 4.69) is 63.8 Å².